The first-order chi connectivity index (χ1) is 11.8. The maximum absolute atomic E-state index is 5.93. The summed E-state index contributed by atoms with van der Waals surface area (Å²) >= 11 is 0. The predicted molar refractivity (Wildman–Crippen MR) is 97.5 cm³/mol. The largest absolute Gasteiger partial charge is 0.490 e. The van der Waals surface area contributed by atoms with Crippen LogP contribution in [0.15, 0.2) is 41.2 Å². The van der Waals surface area contributed by atoms with E-state index in [1.165, 1.54) is 0 Å². The number of nitrogens with zero attached hydrogens (tertiary/aromatic N) is 4. The number of piperazine rings is 1. The molecule has 132 valence electrons. The number of aromatic nitrogens is 3. The van der Waals surface area contributed by atoms with Crippen molar-refractivity contribution in [2.24, 2.45) is 0 Å². The maximum atomic E-state index is 5.93. The van der Waals surface area contributed by atoms with Crippen LogP contribution < -0.4 is 15.0 Å². The number of ether oxygens (including phenoxy) is 1. The first kappa shape index (κ1) is 17.4. The minimum absolute atomic E-state index is 0. The molecule has 7 nitrogen and oxygen atoms in total. The molecule has 4 rings (SSSR count). The Kier molecular flexibility index (Phi) is 5.35. The van der Waals surface area contributed by atoms with Gasteiger partial charge in [-0.15, -0.1) is 12.4 Å². The van der Waals surface area contributed by atoms with Gasteiger partial charge in [0.2, 0.25) is 5.65 Å². The van der Waals surface area contributed by atoms with Gasteiger partial charge in [-0.05, 0) is 30.7 Å². The number of hydrogen-bond donors (Lipinski definition) is 1. The summed E-state index contributed by atoms with van der Waals surface area (Å²) in [5.74, 6) is 0.762. The van der Waals surface area contributed by atoms with Crippen LogP contribution in [-0.2, 0) is 0 Å². The average molecular weight is 362 g/mol. The van der Waals surface area contributed by atoms with Crippen LogP contribution in [0.25, 0.3) is 11.2 Å². The maximum Gasteiger partial charge on any atom is 0.300 e. The Bertz CT molecular complexity index is 826. The van der Waals surface area contributed by atoms with Gasteiger partial charge in [-0.25, -0.2) is 4.98 Å². The SMILES string of the molecule is Cc1cnc2nc(N3CCNC[C@@H]3COc3cccnc3)oc2c1.Cl. The molecule has 1 aliphatic rings. The van der Waals surface area contributed by atoms with Crippen molar-refractivity contribution < 1.29 is 9.15 Å². The zero-order valence-electron chi connectivity index (χ0n) is 13.9. The van der Waals surface area contributed by atoms with Crippen LogP contribution in [0.2, 0.25) is 0 Å². The summed E-state index contributed by atoms with van der Waals surface area (Å²) in [5.41, 5.74) is 2.42. The van der Waals surface area contributed by atoms with Gasteiger partial charge in [-0.2, -0.15) is 4.98 Å². The molecule has 0 radical (unpaired) electrons. The molecule has 0 aliphatic carbocycles. The molecule has 0 aromatic carbocycles. The molecule has 1 fully saturated rings. The standard InChI is InChI=1S/C17H19N5O2.ClH/c1-12-7-15-16(20-8-12)21-17(24-15)22-6-5-19-9-13(22)11-23-14-3-2-4-18-10-14;/h2-4,7-8,10,13,19H,5-6,9,11H2,1H3;1H/t13-;/m1./s1. The lowest BCUT2D eigenvalue weighted by molar-refractivity contribution is 0.261. The molecule has 25 heavy (non-hydrogen) atoms. The predicted octanol–water partition coefficient (Wildman–Crippen LogP) is 2.21. The first-order valence-corrected chi connectivity index (χ1v) is 8.03. The zero-order valence-corrected chi connectivity index (χ0v) is 14.7. The second-order valence-electron chi connectivity index (χ2n) is 5.88. The van der Waals surface area contributed by atoms with Gasteiger partial charge in [0.1, 0.15) is 12.4 Å². The molecular formula is C17H20ClN5O2. The third-order valence-corrected chi connectivity index (χ3v) is 4.05. The van der Waals surface area contributed by atoms with Crippen molar-refractivity contribution in [3.8, 4) is 5.75 Å². The second-order valence-corrected chi connectivity index (χ2v) is 5.88. The summed E-state index contributed by atoms with van der Waals surface area (Å²) < 4.78 is 11.8. The molecule has 0 unspecified atom stereocenters. The van der Waals surface area contributed by atoms with Crippen molar-refractivity contribution in [3.05, 3.63) is 42.4 Å². The highest BCUT2D eigenvalue weighted by molar-refractivity contribution is 5.85. The van der Waals surface area contributed by atoms with Gasteiger partial charge >= 0.3 is 0 Å². The van der Waals surface area contributed by atoms with Crippen LogP contribution in [-0.4, -0.2) is 47.2 Å². The van der Waals surface area contributed by atoms with Gasteiger partial charge in [0.05, 0.1) is 12.2 Å². The Balaban J connectivity index is 0.00000182. The van der Waals surface area contributed by atoms with Crippen LogP contribution in [0, 0.1) is 6.92 Å². The van der Waals surface area contributed by atoms with Gasteiger partial charge < -0.3 is 19.4 Å². The third-order valence-electron chi connectivity index (χ3n) is 4.05. The van der Waals surface area contributed by atoms with Gasteiger partial charge in [-0.1, -0.05) is 0 Å². The molecule has 0 saturated carbocycles. The molecule has 1 saturated heterocycles. The molecule has 1 N–H and O–H groups in total. The first-order valence-electron chi connectivity index (χ1n) is 8.03. The van der Waals surface area contributed by atoms with Gasteiger partial charge in [0.15, 0.2) is 5.58 Å². The van der Waals surface area contributed by atoms with Crippen LogP contribution in [0.4, 0.5) is 6.01 Å². The quantitative estimate of drug-likeness (QED) is 0.763. The molecule has 1 aliphatic heterocycles. The van der Waals surface area contributed by atoms with Crippen molar-refractivity contribution in [3.63, 3.8) is 0 Å². The van der Waals surface area contributed by atoms with Crippen LogP contribution >= 0.6 is 12.4 Å². The molecule has 4 heterocycles. The number of fused-ring (bicyclic) bond motifs is 1. The minimum atomic E-state index is 0. The Hall–Kier alpha value is -2.38. The Morgan fingerprint density at radius 3 is 3.16 bits per heavy atom. The zero-order chi connectivity index (χ0) is 16.4. The summed E-state index contributed by atoms with van der Waals surface area (Å²) in [6.07, 6.45) is 5.25. The number of rotatable bonds is 4. The van der Waals surface area contributed by atoms with Gasteiger partial charge in [-0.3, -0.25) is 4.98 Å². The highest BCUT2D eigenvalue weighted by Gasteiger charge is 2.27. The van der Waals surface area contributed by atoms with Gasteiger partial charge in [0, 0.05) is 32.0 Å². The Morgan fingerprint density at radius 2 is 2.32 bits per heavy atom. The van der Waals surface area contributed by atoms with Crippen LogP contribution in [0.1, 0.15) is 5.56 Å². The van der Waals surface area contributed by atoms with E-state index in [4.69, 9.17) is 9.15 Å². The monoisotopic (exact) mass is 361 g/mol. The van der Waals surface area contributed by atoms with Gasteiger partial charge in [0.25, 0.3) is 6.01 Å². The molecule has 1 atom stereocenters. The minimum Gasteiger partial charge on any atom is -0.490 e. The highest BCUT2D eigenvalue weighted by Crippen LogP contribution is 2.23. The second kappa shape index (κ2) is 7.67. The van der Waals surface area contributed by atoms with Crippen molar-refractivity contribution in [2.45, 2.75) is 13.0 Å². The van der Waals surface area contributed by atoms with Crippen LogP contribution in [0.5, 0.6) is 5.75 Å². The molecule has 0 bridgehead atoms. The molecule has 0 spiro atoms. The van der Waals surface area contributed by atoms with Crippen molar-refractivity contribution >= 4 is 29.7 Å². The van der Waals surface area contributed by atoms with E-state index in [0.29, 0.717) is 18.3 Å². The summed E-state index contributed by atoms with van der Waals surface area (Å²) in [6, 6.07) is 6.46. The van der Waals surface area contributed by atoms with Crippen molar-refractivity contribution in [1.82, 2.24) is 20.3 Å². The van der Waals surface area contributed by atoms with Crippen molar-refractivity contribution in [1.29, 1.82) is 0 Å². The summed E-state index contributed by atoms with van der Waals surface area (Å²) in [4.78, 5) is 15.1. The van der Waals surface area contributed by atoms with E-state index in [1.807, 2.05) is 25.1 Å². The van der Waals surface area contributed by atoms with E-state index in [1.54, 1.807) is 18.6 Å². The fraction of sp³-hybridized carbons (Fsp3) is 0.353. The average Bonchev–Trinajstić information content (AvgIpc) is 3.04. The molecule has 3 aromatic rings. The topological polar surface area (TPSA) is 76.3 Å². The number of nitrogens with one attached hydrogen (secondary N) is 1. The fourth-order valence-electron chi connectivity index (χ4n) is 2.82. The molecular weight excluding hydrogens is 342 g/mol. The number of anilines is 1. The fourth-order valence-corrected chi connectivity index (χ4v) is 2.82. The normalized spacial score (nSPS) is 17.3. The van der Waals surface area contributed by atoms with E-state index in [-0.39, 0.29) is 18.4 Å². The summed E-state index contributed by atoms with van der Waals surface area (Å²) in [7, 11) is 0. The lowest BCUT2D eigenvalue weighted by Gasteiger charge is -2.34. The summed E-state index contributed by atoms with van der Waals surface area (Å²) in [6.45, 7) is 5.03. The van der Waals surface area contributed by atoms with E-state index >= 15 is 0 Å². The summed E-state index contributed by atoms with van der Waals surface area (Å²) in [5, 5.41) is 3.39. The molecule has 0 amide bonds. The lowest BCUT2D eigenvalue weighted by Crippen LogP contribution is -2.54. The molecule has 8 heteroatoms. The number of halogens is 1. The van der Waals surface area contributed by atoms with E-state index < -0.39 is 0 Å². The Labute approximate surface area is 151 Å². The molecule has 3 aromatic heterocycles. The van der Waals surface area contributed by atoms with E-state index in [9.17, 15) is 0 Å². The van der Waals surface area contributed by atoms with E-state index in [2.05, 4.69) is 25.2 Å². The number of pyridine rings is 2. The Morgan fingerprint density at radius 1 is 1.40 bits per heavy atom. The van der Waals surface area contributed by atoms with E-state index in [0.717, 1.165) is 36.5 Å². The smallest absolute Gasteiger partial charge is 0.300 e. The number of oxazole rings is 1. The highest BCUT2D eigenvalue weighted by atomic mass is 35.5. The van der Waals surface area contributed by atoms with Crippen molar-refractivity contribution in [2.75, 3.05) is 31.1 Å². The third kappa shape index (κ3) is 3.83. The number of hydrogen-bond acceptors (Lipinski definition) is 7. The van der Waals surface area contributed by atoms with Crippen LogP contribution in [0.3, 0.4) is 0 Å². The lowest BCUT2D eigenvalue weighted by atomic mass is 10.2. The number of aryl methyl sites for hydroxylation is 1.